The first-order valence-corrected chi connectivity index (χ1v) is 8.43. The standard InChI is InChI=1S/C15H12Cl2N2O3S/c16-11-3-1-10(2-4-11)8-23-9-15(20)18-14-7-12(19(21)22)5-6-13(14)17/h1-7H,8-9H2,(H,18,20). The Hall–Kier alpha value is -1.76. The topological polar surface area (TPSA) is 72.2 Å². The molecule has 0 heterocycles. The second-order valence-electron chi connectivity index (χ2n) is 4.59. The molecule has 0 radical (unpaired) electrons. The molecule has 23 heavy (non-hydrogen) atoms. The zero-order chi connectivity index (χ0) is 16.8. The van der Waals surface area contributed by atoms with Crippen LogP contribution in [0.5, 0.6) is 0 Å². The number of amides is 1. The highest BCUT2D eigenvalue weighted by Gasteiger charge is 2.12. The van der Waals surface area contributed by atoms with Crippen molar-refractivity contribution in [1.29, 1.82) is 0 Å². The molecule has 1 amide bonds. The maximum absolute atomic E-state index is 11.9. The third kappa shape index (κ3) is 5.42. The first kappa shape index (κ1) is 17.6. The number of hydrogen-bond donors (Lipinski definition) is 1. The molecule has 0 saturated heterocycles. The molecule has 5 nitrogen and oxygen atoms in total. The molecule has 8 heteroatoms. The summed E-state index contributed by atoms with van der Waals surface area (Å²) in [7, 11) is 0. The molecule has 1 N–H and O–H groups in total. The minimum absolute atomic E-state index is 0.126. The van der Waals surface area contributed by atoms with Gasteiger partial charge in [0.15, 0.2) is 0 Å². The van der Waals surface area contributed by atoms with Gasteiger partial charge in [0.1, 0.15) is 0 Å². The van der Waals surface area contributed by atoms with Crippen molar-refractivity contribution in [3.63, 3.8) is 0 Å². The highest BCUT2D eigenvalue weighted by molar-refractivity contribution is 7.99. The van der Waals surface area contributed by atoms with E-state index in [-0.39, 0.29) is 28.1 Å². The number of nitro benzene ring substituents is 1. The predicted molar refractivity (Wildman–Crippen MR) is 94.4 cm³/mol. The van der Waals surface area contributed by atoms with Crippen LogP contribution in [0.1, 0.15) is 5.56 Å². The summed E-state index contributed by atoms with van der Waals surface area (Å²) in [6, 6.07) is 11.3. The van der Waals surface area contributed by atoms with Gasteiger partial charge in [0, 0.05) is 22.9 Å². The third-order valence-corrected chi connectivity index (χ3v) is 4.44. The Kier molecular flexibility index (Phi) is 6.27. The first-order chi connectivity index (χ1) is 11.0. The molecule has 0 saturated carbocycles. The van der Waals surface area contributed by atoms with Crippen LogP contribution in [0.3, 0.4) is 0 Å². The average molecular weight is 371 g/mol. The van der Waals surface area contributed by atoms with Crippen molar-refractivity contribution in [1.82, 2.24) is 0 Å². The maximum Gasteiger partial charge on any atom is 0.271 e. The highest BCUT2D eigenvalue weighted by atomic mass is 35.5. The second kappa shape index (κ2) is 8.19. The van der Waals surface area contributed by atoms with E-state index in [0.29, 0.717) is 10.8 Å². The molecule has 0 aliphatic rings. The van der Waals surface area contributed by atoms with E-state index >= 15 is 0 Å². The quantitative estimate of drug-likeness (QED) is 0.586. The number of benzene rings is 2. The molecule has 120 valence electrons. The number of carbonyl (C=O) groups excluding carboxylic acids is 1. The molecule has 2 aromatic carbocycles. The Balaban J connectivity index is 1.88. The lowest BCUT2D eigenvalue weighted by atomic mass is 10.2. The summed E-state index contributed by atoms with van der Waals surface area (Å²) in [6.45, 7) is 0. The lowest BCUT2D eigenvalue weighted by Crippen LogP contribution is -2.14. The predicted octanol–water partition coefficient (Wildman–Crippen LogP) is 4.77. The summed E-state index contributed by atoms with van der Waals surface area (Å²) in [6.07, 6.45) is 0. The van der Waals surface area contributed by atoms with E-state index in [1.165, 1.54) is 30.0 Å². The number of rotatable bonds is 6. The Morgan fingerprint density at radius 3 is 2.52 bits per heavy atom. The number of nitro groups is 1. The van der Waals surface area contributed by atoms with Crippen LogP contribution >= 0.6 is 35.0 Å². The van der Waals surface area contributed by atoms with E-state index in [1.807, 2.05) is 12.1 Å². The molecule has 0 aromatic heterocycles. The first-order valence-electron chi connectivity index (χ1n) is 6.51. The zero-order valence-corrected chi connectivity index (χ0v) is 14.1. The molecule has 0 fully saturated rings. The van der Waals surface area contributed by atoms with E-state index in [4.69, 9.17) is 23.2 Å². The fourth-order valence-electron chi connectivity index (χ4n) is 1.75. The van der Waals surface area contributed by atoms with Gasteiger partial charge in [-0.1, -0.05) is 35.3 Å². The lowest BCUT2D eigenvalue weighted by molar-refractivity contribution is -0.384. The van der Waals surface area contributed by atoms with Crippen LogP contribution in [0.4, 0.5) is 11.4 Å². The average Bonchev–Trinajstić information content (AvgIpc) is 2.51. The van der Waals surface area contributed by atoms with Gasteiger partial charge in [-0.15, -0.1) is 11.8 Å². The summed E-state index contributed by atoms with van der Waals surface area (Å²) in [5.74, 6) is 0.598. The maximum atomic E-state index is 11.9. The monoisotopic (exact) mass is 370 g/mol. The zero-order valence-electron chi connectivity index (χ0n) is 11.8. The SMILES string of the molecule is O=C(CSCc1ccc(Cl)cc1)Nc1cc([N+](=O)[O-])ccc1Cl. The van der Waals surface area contributed by atoms with Crippen molar-refractivity contribution in [2.45, 2.75) is 5.75 Å². The normalized spacial score (nSPS) is 10.3. The van der Waals surface area contributed by atoms with Crippen LogP contribution in [0, 0.1) is 10.1 Å². The summed E-state index contributed by atoms with van der Waals surface area (Å²) >= 11 is 13.2. The van der Waals surface area contributed by atoms with Crippen molar-refractivity contribution in [2.24, 2.45) is 0 Å². The minimum Gasteiger partial charge on any atom is -0.324 e. The van der Waals surface area contributed by atoms with Crippen LogP contribution in [0.25, 0.3) is 0 Å². The smallest absolute Gasteiger partial charge is 0.271 e. The van der Waals surface area contributed by atoms with Crippen LogP contribution in [-0.2, 0) is 10.5 Å². The summed E-state index contributed by atoms with van der Waals surface area (Å²) in [5.41, 5.74) is 1.16. The van der Waals surface area contributed by atoms with Crippen molar-refractivity contribution in [3.8, 4) is 0 Å². The van der Waals surface area contributed by atoms with E-state index < -0.39 is 4.92 Å². The van der Waals surface area contributed by atoms with Gasteiger partial charge in [0.05, 0.1) is 21.4 Å². The number of nitrogens with one attached hydrogen (secondary N) is 1. The second-order valence-corrected chi connectivity index (χ2v) is 6.42. The van der Waals surface area contributed by atoms with E-state index in [1.54, 1.807) is 12.1 Å². The van der Waals surface area contributed by atoms with Gasteiger partial charge in [-0.2, -0.15) is 0 Å². The molecule has 0 spiro atoms. The molecular formula is C15H12Cl2N2O3S. The van der Waals surface area contributed by atoms with Gasteiger partial charge >= 0.3 is 0 Å². The Morgan fingerprint density at radius 2 is 1.87 bits per heavy atom. The molecule has 2 aromatic rings. The van der Waals surface area contributed by atoms with Gasteiger partial charge in [0.2, 0.25) is 5.91 Å². The summed E-state index contributed by atoms with van der Waals surface area (Å²) < 4.78 is 0. The number of carbonyl (C=O) groups is 1. The fraction of sp³-hybridized carbons (Fsp3) is 0.133. The van der Waals surface area contributed by atoms with Crippen LogP contribution in [0.15, 0.2) is 42.5 Å². The largest absolute Gasteiger partial charge is 0.324 e. The fourth-order valence-corrected chi connectivity index (χ4v) is 2.83. The number of hydrogen-bond acceptors (Lipinski definition) is 4. The number of non-ortho nitro benzene ring substituents is 1. The summed E-state index contributed by atoms with van der Waals surface area (Å²) in [4.78, 5) is 22.1. The Bertz CT molecular complexity index is 723. The van der Waals surface area contributed by atoms with Crippen molar-refractivity contribution in [3.05, 3.63) is 68.2 Å². The van der Waals surface area contributed by atoms with Crippen molar-refractivity contribution >= 4 is 52.2 Å². The number of halogens is 2. The Labute approximate surface area is 147 Å². The van der Waals surface area contributed by atoms with Gasteiger partial charge in [0.25, 0.3) is 5.69 Å². The number of nitrogens with zero attached hydrogens (tertiary/aromatic N) is 1. The highest BCUT2D eigenvalue weighted by Crippen LogP contribution is 2.27. The molecule has 0 aliphatic heterocycles. The van der Waals surface area contributed by atoms with Crippen molar-refractivity contribution in [2.75, 3.05) is 11.1 Å². The number of thioether (sulfide) groups is 1. The van der Waals surface area contributed by atoms with Crippen LogP contribution in [-0.4, -0.2) is 16.6 Å². The number of anilines is 1. The van der Waals surface area contributed by atoms with Gasteiger partial charge in [-0.25, -0.2) is 0 Å². The molecule has 0 bridgehead atoms. The molecular weight excluding hydrogens is 359 g/mol. The Morgan fingerprint density at radius 1 is 1.17 bits per heavy atom. The minimum atomic E-state index is -0.540. The molecule has 0 aliphatic carbocycles. The lowest BCUT2D eigenvalue weighted by Gasteiger charge is -2.07. The van der Waals surface area contributed by atoms with E-state index in [2.05, 4.69) is 5.32 Å². The van der Waals surface area contributed by atoms with Crippen LogP contribution in [0.2, 0.25) is 10.0 Å². The van der Waals surface area contributed by atoms with E-state index in [0.717, 1.165) is 5.56 Å². The van der Waals surface area contributed by atoms with Crippen LogP contribution < -0.4 is 5.32 Å². The van der Waals surface area contributed by atoms with Gasteiger partial charge < -0.3 is 5.32 Å². The summed E-state index contributed by atoms with van der Waals surface area (Å²) in [5, 5.41) is 14.2. The third-order valence-electron chi connectivity index (χ3n) is 2.85. The van der Waals surface area contributed by atoms with E-state index in [9.17, 15) is 14.9 Å². The van der Waals surface area contributed by atoms with Gasteiger partial charge in [-0.3, -0.25) is 14.9 Å². The molecule has 0 atom stereocenters. The molecule has 0 unspecified atom stereocenters. The molecule has 2 rings (SSSR count). The van der Waals surface area contributed by atoms with Crippen molar-refractivity contribution < 1.29 is 9.72 Å². The van der Waals surface area contributed by atoms with Gasteiger partial charge in [-0.05, 0) is 23.8 Å².